The summed E-state index contributed by atoms with van der Waals surface area (Å²) in [5.41, 5.74) is 2.49. The number of nitrogens with one attached hydrogen (secondary N) is 1. The lowest BCUT2D eigenvalue weighted by Crippen LogP contribution is -2.16. The Morgan fingerprint density at radius 2 is 2.15 bits per heavy atom. The van der Waals surface area contributed by atoms with E-state index in [0.717, 1.165) is 24.3 Å². The van der Waals surface area contributed by atoms with Gasteiger partial charge in [0.25, 0.3) is 0 Å². The largest absolute Gasteiger partial charge is 0.461 e. The molecule has 0 bridgehead atoms. The first-order valence-corrected chi connectivity index (χ1v) is 6.76. The number of para-hydroxylation sites is 1. The molecule has 2 aromatic rings. The fourth-order valence-electron chi connectivity index (χ4n) is 2.00. The number of rotatable bonds is 6. The molecule has 0 radical (unpaired) electrons. The van der Waals surface area contributed by atoms with Crippen LogP contribution in [0.5, 0.6) is 0 Å². The van der Waals surface area contributed by atoms with Crippen LogP contribution in [0.4, 0.5) is 0 Å². The lowest BCUT2D eigenvalue weighted by atomic mass is 10.1. The molecule has 1 N–H and O–H groups in total. The van der Waals surface area contributed by atoms with E-state index in [4.69, 9.17) is 4.74 Å². The van der Waals surface area contributed by atoms with Crippen LogP contribution >= 0.6 is 0 Å². The molecular formula is C15H19N3O2. The van der Waals surface area contributed by atoms with E-state index in [1.807, 2.05) is 24.3 Å². The summed E-state index contributed by atoms with van der Waals surface area (Å²) in [5.74, 6) is -0.358. The summed E-state index contributed by atoms with van der Waals surface area (Å²) in [4.78, 5) is 16.0. The second kappa shape index (κ2) is 6.86. The van der Waals surface area contributed by atoms with Crippen LogP contribution in [0.2, 0.25) is 0 Å². The number of hydrogen-bond donors (Lipinski definition) is 1. The molecule has 0 aliphatic rings. The van der Waals surface area contributed by atoms with Gasteiger partial charge in [-0.25, -0.2) is 9.78 Å². The van der Waals surface area contributed by atoms with Crippen molar-refractivity contribution >= 4 is 5.97 Å². The smallest absolute Gasteiger partial charge is 0.356 e. The second-order valence-electron chi connectivity index (χ2n) is 4.28. The zero-order valence-electron chi connectivity index (χ0n) is 11.8. The minimum Gasteiger partial charge on any atom is -0.461 e. The van der Waals surface area contributed by atoms with Gasteiger partial charge in [0.05, 0.1) is 24.8 Å². The molecule has 0 fully saturated rings. The van der Waals surface area contributed by atoms with Gasteiger partial charge in [-0.2, -0.15) is 0 Å². The van der Waals surface area contributed by atoms with E-state index in [9.17, 15) is 4.79 Å². The molecule has 106 valence electrons. The molecule has 0 saturated heterocycles. The van der Waals surface area contributed by atoms with Crippen molar-refractivity contribution in [3.05, 3.63) is 48.0 Å². The van der Waals surface area contributed by atoms with E-state index in [1.165, 1.54) is 6.20 Å². The van der Waals surface area contributed by atoms with E-state index in [0.29, 0.717) is 12.3 Å². The Kier molecular flexibility index (Phi) is 4.90. The van der Waals surface area contributed by atoms with Crippen molar-refractivity contribution in [2.45, 2.75) is 20.4 Å². The zero-order chi connectivity index (χ0) is 14.4. The van der Waals surface area contributed by atoms with Crippen LogP contribution in [-0.2, 0) is 11.3 Å². The van der Waals surface area contributed by atoms with Crippen molar-refractivity contribution in [3.63, 3.8) is 0 Å². The fraction of sp³-hybridized carbons (Fsp3) is 0.333. The van der Waals surface area contributed by atoms with E-state index in [-0.39, 0.29) is 5.97 Å². The average Bonchev–Trinajstić information content (AvgIpc) is 2.95. The number of ether oxygens (including phenoxy) is 1. The monoisotopic (exact) mass is 273 g/mol. The Hall–Kier alpha value is -2.14. The molecule has 0 amide bonds. The Balaban J connectivity index is 2.37. The number of benzene rings is 1. The summed E-state index contributed by atoms with van der Waals surface area (Å²) < 4.78 is 6.82. The molecule has 20 heavy (non-hydrogen) atoms. The van der Waals surface area contributed by atoms with Gasteiger partial charge in [-0.15, -0.1) is 0 Å². The van der Waals surface area contributed by atoms with Gasteiger partial charge in [-0.3, -0.25) is 4.57 Å². The third-order valence-corrected chi connectivity index (χ3v) is 2.94. The average molecular weight is 273 g/mol. The van der Waals surface area contributed by atoms with Crippen molar-refractivity contribution in [2.24, 2.45) is 0 Å². The molecule has 1 aromatic carbocycles. The highest BCUT2D eigenvalue weighted by Gasteiger charge is 2.15. The van der Waals surface area contributed by atoms with Gasteiger partial charge in [0.1, 0.15) is 0 Å². The molecule has 0 aliphatic carbocycles. The molecule has 0 aliphatic heterocycles. The Morgan fingerprint density at radius 1 is 1.35 bits per heavy atom. The summed E-state index contributed by atoms with van der Waals surface area (Å²) >= 11 is 0. The van der Waals surface area contributed by atoms with Crippen molar-refractivity contribution in [1.29, 1.82) is 0 Å². The Labute approximate surface area is 118 Å². The Bertz CT molecular complexity index is 578. The van der Waals surface area contributed by atoms with Gasteiger partial charge in [0.15, 0.2) is 5.69 Å². The molecule has 0 spiro atoms. The molecule has 2 rings (SSSR count). The fourth-order valence-corrected chi connectivity index (χ4v) is 2.00. The van der Waals surface area contributed by atoms with Gasteiger partial charge < -0.3 is 10.1 Å². The standard InChI is InChI=1S/C15H19N3O2/c1-3-16-9-12-7-5-6-8-13(12)18-11-17-10-14(18)15(19)20-4-2/h5-8,10-11,16H,3-4,9H2,1-2H3. The van der Waals surface area contributed by atoms with Gasteiger partial charge in [0.2, 0.25) is 0 Å². The van der Waals surface area contributed by atoms with Crippen molar-refractivity contribution in [2.75, 3.05) is 13.2 Å². The van der Waals surface area contributed by atoms with Gasteiger partial charge in [-0.1, -0.05) is 25.1 Å². The van der Waals surface area contributed by atoms with Gasteiger partial charge in [0, 0.05) is 6.54 Å². The first-order valence-electron chi connectivity index (χ1n) is 6.76. The van der Waals surface area contributed by atoms with Crippen LogP contribution in [-0.4, -0.2) is 28.7 Å². The number of hydrogen-bond acceptors (Lipinski definition) is 4. The summed E-state index contributed by atoms with van der Waals surface area (Å²) in [5, 5.41) is 3.29. The van der Waals surface area contributed by atoms with E-state index >= 15 is 0 Å². The predicted octanol–water partition coefficient (Wildman–Crippen LogP) is 2.16. The molecule has 1 heterocycles. The molecule has 0 atom stereocenters. The van der Waals surface area contributed by atoms with Crippen LogP contribution in [0.3, 0.4) is 0 Å². The van der Waals surface area contributed by atoms with E-state index < -0.39 is 0 Å². The molecule has 1 aromatic heterocycles. The quantitative estimate of drug-likeness (QED) is 0.819. The Morgan fingerprint density at radius 3 is 2.90 bits per heavy atom. The van der Waals surface area contributed by atoms with Gasteiger partial charge in [-0.05, 0) is 25.1 Å². The molecule has 0 saturated carbocycles. The van der Waals surface area contributed by atoms with Crippen molar-refractivity contribution < 1.29 is 9.53 Å². The number of carbonyl (C=O) groups is 1. The molecular weight excluding hydrogens is 254 g/mol. The summed E-state index contributed by atoms with van der Waals surface area (Å²) in [6.45, 7) is 5.83. The maximum atomic E-state index is 11.9. The van der Waals surface area contributed by atoms with Crippen LogP contribution in [0.1, 0.15) is 29.9 Å². The molecule has 0 unspecified atom stereocenters. The number of aromatic nitrogens is 2. The van der Waals surface area contributed by atoms with Gasteiger partial charge >= 0.3 is 5.97 Å². The minimum absolute atomic E-state index is 0.350. The number of imidazole rings is 1. The summed E-state index contributed by atoms with van der Waals surface area (Å²) in [6.07, 6.45) is 3.17. The van der Waals surface area contributed by atoms with Crippen LogP contribution in [0.15, 0.2) is 36.8 Å². The van der Waals surface area contributed by atoms with Crippen molar-refractivity contribution in [3.8, 4) is 5.69 Å². The number of carbonyl (C=O) groups excluding carboxylic acids is 1. The predicted molar refractivity (Wildman–Crippen MR) is 76.9 cm³/mol. The first-order chi connectivity index (χ1) is 9.77. The normalized spacial score (nSPS) is 10.5. The lowest BCUT2D eigenvalue weighted by molar-refractivity contribution is 0.0517. The van der Waals surface area contributed by atoms with E-state index in [2.05, 4.69) is 17.2 Å². The van der Waals surface area contributed by atoms with Crippen LogP contribution < -0.4 is 5.32 Å². The molecule has 5 nitrogen and oxygen atoms in total. The third kappa shape index (κ3) is 3.05. The highest BCUT2D eigenvalue weighted by Crippen LogP contribution is 2.17. The summed E-state index contributed by atoms with van der Waals surface area (Å²) in [7, 11) is 0. The maximum Gasteiger partial charge on any atom is 0.356 e. The van der Waals surface area contributed by atoms with Crippen LogP contribution in [0, 0.1) is 0 Å². The highest BCUT2D eigenvalue weighted by atomic mass is 16.5. The minimum atomic E-state index is -0.358. The van der Waals surface area contributed by atoms with E-state index in [1.54, 1.807) is 17.8 Å². The maximum absolute atomic E-state index is 11.9. The zero-order valence-corrected chi connectivity index (χ0v) is 11.8. The summed E-state index contributed by atoms with van der Waals surface area (Å²) in [6, 6.07) is 7.93. The lowest BCUT2D eigenvalue weighted by Gasteiger charge is -2.13. The first kappa shape index (κ1) is 14.3. The molecule has 5 heteroatoms. The van der Waals surface area contributed by atoms with Crippen LogP contribution in [0.25, 0.3) is 5.69 Å². The second-order valence-corrected chi connectivity index (χ2v) is 4.28. The number of esters is 1. The third-order valence-electron chi connectivity index (χ3n) is 2.94. The number of nitrogens with zero attached hydrogens (tertiary/aromatic N) is 2. The SMILES string of the molecule is CCNCc1ccccc1-n1cncc1C(=O)OCC. The van der Waals surface area contributed by atoms with Crippen molar-refractivity contribution in [1.82, 2.24) is 14.9 Å². The topological polar surface area (TPSA) is 56.2 Å². The highest BCUT2D eigenvalue weighted by molar-refractivity contribution is 5.88.